The number of amides is 2. The molecule has 0 radical (unpaired) electrons. The van der Waals surface area contributed by atoms with Gasteiger partial charge in [-0.3, -0.25) is 9.59 Å². The minimum Gasteiger partial charge on any atom is -0.333 e. The number of halogens is 3. The minimum atomic E-state index is -4.45. The molecule has 3 rings (SSSR count). The number of carbonyl (C=O) groups excluding carboxylic acids is 2. The highest BCUT2D eigenvalue weighted by molar-refractivity contribution is 8.19. The van der Waals surface area contributed by atoms with Gasteiger partial charge in [0.2, 0.25) is 11.8 Å². The lowest BCUT2D eigenvalue weighted by atomic mass is 10.1. The number of alkyl halides is 3. The highest BCUT2D eigenvalue weighted by atomic mass is 32.2. The molecule has 2 amide bonds. The molecule has 136 valence electrons. The number of anilines is 1. The molecule has 2 aliphatic heterocycles. The van der Waals surface area contributed by atoms with E-state index in [1.807, 2.05) is 41.7 Å². The summed E-state index contributed by atoms with van der Waals surface area (Å²) >= 11 is 3.69. The monoisotopic (exact) mass is 390 g/mol. The number of nitrogens with one attached hydrogen (secondary N) is 1. The molecule has 1 unspecified atom stereocenters. The standard InChI is InChI=1S/C16H17F3N2O2S2/c17-16(18,19)9-21-8-11(7-13(21)22)14(23)20-12-3-1-2-10(6-12)15-24-4-5-25-15/h1-3,6,11,15H,4-5,7-9H2,(H,20,23). The number of rotatable bonds is 4. The molecule has 9 heteroatoms. The van der Waals surface area contributed by atoms with E-state index < -0.39 is 30.5 Å². The zero-order chi connectivity index (χ0) is 18.0. The van der Waals surface area contributed by atoms with E-state index in [1.54, 1.807) is 6.07 Å². The molecule has 1 atom stereocenters. The predicted octanol–water partition coefficient (Wildman–Crippen LogP) is 3.51. The van der Waals surface area contributed by atoms with Crippen molar-refractivity contribution < 1.29 is 22.8 Å². The molecule has 2 heterocycles. The maximum Gasteiger partial charge on any atom is 0.406 e. The van der Waals surface area contributed by atoms with Gasteiger partial charge in [0.1, 0.15) is 6.54 Å². The average Bonchev–Trinajstić information content (AvgIpc) is 3.17. The molecular formula is C16H17F3N2O2S2. The van der Waals surface area contributed by atoms with Crippen LogP contribution in [0.5, 0.6) is 0 Å². The Balaban J connectivity index is 1.61. The maximum absolute atomic E-state index is 12.4. The summed E-state index contributed by atoms with van der Waals surface area (Å²) in [6, 6.07) is 7.48. The van der Waals surface area contributed by atoms with E-state index >= 15 is 0 Å². The van der Waals surface area contributed by atoms with Crippen molar-refractivity contribution >= 4 is 41.0 Å². The molecule has 0 aromatic heterocycles. The van der Waals surface area contributed by atoms with Crippen LogP contribution in [-0.4, -0.2) is 47.5 Å². The Morgan fingerprint density at radius 1 is 1.28 bits per heavy atom. The topological polar surface area (TPSA) is 49.4 Å². The fraction of sp³-hybridized carbons (Fsp3) is 0.500. The Morgan fingerprint density at radius 3 is 2.68 bits per heavy atom. The van der Waals surface area contributed by atoms with Crippen molar-refractivity contribution in [3.63, 3.8) is 0 Å². The van der Waals surface area contributed by atoms with E-state index in [-0.39, 0.29) is 13.0 Å². The molecule has 2 aliphatic rings. The van der Waals surface area contributed by atoms with Gasteiger partial charge < -0.3 is 10.2 Å². The Kier molecular flexibility index (Phi) is 5.52. The molecule has 1 aromatic carbocycles. The number of likely N-dealkylation sites (tertiary alicyclic amines) is 1. The van der Waals surface area contributed by atoms with Crippen LogP contribution in [0, 0.1) is 5.92 Å². The van der Waals surface area contributed by atoms with Crippen LogP contribution in [0.4, 0.5) is 18.9 Å². The highest BCUT2D eigenvalue weighted by Gasteiger charge is 2.40. The van der Waals surface area contributed by atoms with E-state index in [9.17, 15) is 22.8 Å². The van der Waals surface area contributed by atoms with Gasteiger partial charge in [0, 0.05) is 30.2 Å². The second kappa shape index (κ2) is 7.49. The lowest BCUT2D eigenvalue weighted by molar-refractivity contribution is -0.157. The minimum absolute atomic E-state index is 0.185. The van der Waals surface area contributed by atoms with Crippen LogP contribution in [0.3, 0.4) is 0 Å². The van der Waals surface area contributed by atoms with Gasteiger partial charge in [-0.25, -0.2) is 0 Å². The molecular weight excluding hydrogens is 373 g/mol. The van der Waals surface area contributed by atoms with Gasteiger partial charge in [-0.1, -0.05) is 12.1 Å². The third-order valence-corrected chi connectivity index (χ3v) is 7.11. The van der Waals surface area contributed by atoms with Crippen molar-refractivity contribution in [3.8, 4) is 0 Å². The first kappa shape index (κ1) is 18.4. The molecule has 1 aromatic rings. The van der Waals surface area contributed by atoms with E-state index in [1.165, 1.54) is 0 Å². The Bertz CT molecular complexity index is 663. The third-order valence-electron chi connectivity index (χ3n) is 4.00. The average molecular weight is 390 g/mol. The molecule has 1 N–H and O–H groups in total. The van der Waals surface area contributed by atoms with Gasteiger partial charge in [-0.05, 0) is 17.7 Å². The van der Waals surface area contributed by atoms with Crippen LogP contribution < -0.4 is 5.32 Å². The predicted molar refractivity (Wildman–Crippen MR) is 93.5 cm³/mol. The Hall–Kier alpha value is -1.35. The lowest BCUT2D eigenvalue weighted by Crippen LogP contribution is -2.36. The third kappa shape index (κ3) is 4.84. The Morgan fingerprint density at radius 2 is 2.00 bits per heavy atom. The van der Waals surface area contributed by atoms with Gasteiger partial charge >= 0.3 is 6.18 Å². The normalized spacial score (nSPS) is 21.8. The van der Waals surface area contributed by atoms with Crippen LogP contribution in [-0.2, 0) is 9.59 Å². The quantitative estimate of drug-likeness (QED) is 0.855. The molecule has 2 fully saturated rings. The lowest BCUT2D eigenvalue weighted by Gasteiger charge is -2.18. The fourth-order valence-corrected chi connectivity index (χ4v) is 5.71. The van der Waals surface area contributed by atoms with Crippen LogP contribution in [0.2, 0.25) is 0 Å². The molecule has 2 saturated heterocycles. The SMILES string of the molecule is O=C(Nc1cccc(C2SCCS2)c1)C1CC(=O)N(CC(F)(F)F)C1. The van der Waals surface area contributed by atoms with Gasteiger partial charge in [0.25, 0.3) is 0 Å². The first-order chi connectivity index (χ1) is 11.8. The fourth-order valence-electron chi connectivity index (χ4n) is 2.88. The number of hydrogen-bond acceptors (Lipinski definition) is 4. The molecule has 0 spiro atoms. The first-order valence-electron chi connectivity index (χ1n) is 7.80. The van der Waals surface area contributed by atoms with Crippen molar-refractivity contribution in [2.75, 3.05) is 29.9 Å². The summed E-state index contributed by atoms with van der Waals surface area (Å²) in [5.41, 5.74) is 1.71. The van der Waals surface area contributed by atoms with E-state index in [0.717, 1.165) is 17.1 Å². The summed E-state index contributed by atoms with van der Waals surface area (Å²) in [6.07, 6.45) is -4.64. The van der Waals surface area contributed by atoms with Crippen molar-refractivity contribution in [2.24, 2.45) is 5.92 Å². The summed E-state index contributed by atoms with van der Waals surface area (Å²) in [6.45, 7) is -1.50. The zero-order valence-electron chi connectivity index (χ0n) is 13.2. The van der Waals surface area contributed by atoms with Crippen LogP contribution in [0.15, 0.2) is 24.3 Å². The zero-order valence-corrected chi connectivity index (χ0v) is 14.8. The van der Waals surface area contributed by atoms with E-state index in [2.05, 4.69) is 5.32 Å². The molecule has 25 heavy (non-hydrogen) atoms. The number of nitrogens with zero attached hydrogens (tertiary/aromatic N) is 1. The van der Waals surface area contributed by atoms with E-state index in [4.69, 9.17) is 0 Å². The van der Waals surface area contributed by atoms with Crippen molar-refractivity contribution in [1.29, 1.82) is 0 Å². The van der Waals surface area contributed by atoms with Gasteiger partial charge in [-0.2, -0.15) is 13.2 Å². The molecule has 0 bridgehead atoms. The van der Waals surface area contributed by atoms with Crippen molar-refractivity contribution in [1.82, 2.24) is 4.90 Å². The second-order valence-corrected chi connectivity index (χ2v) is 8.70. The van der Waals surface area contributed by atoms with Gasteiger partial charge in [-0.15, -0.1) is 23.5 Å². The van der Waals surface area contributed by atoms with Crippen molar-refractivity contribution in [2.45, 2.75) is 17.2 Å². The largest absolute Gasteiger partial charge is 0.406 e. The smallest absolute Gasteiger partial charge is 0.333 e. The van der Waals surface area contributed by atoms with Gasteiger partial charge in [0.15, 0.2) is 0 Å². The number of hydrogen-bond donors (Lipinski definition) is 1. The highest BCUT2D eigenvalue weighted by Crippen LogP contribution is 2.45. The summed E-state index contributed by atoms with van der Waals surface area (Å²) in [5, 5.41) is 2.73. The summed E-state index contributed by atoms with van der Waals surface area (Å²) in [5.74, 6) is 0.372. The number of thioether (sulfide) groups is 2. The molecule has 4 nitrogen and oxygen atoms in total. The number of carbonyl (C=O) groups is 2. The first-order valence-corrected chi connectivity index (χ1v) is 9.90. The van der Waals surface area contributed by atoms with Crippen molar-refractivity contribution in [3.05, 3.63) is 29.8 Å². The number of benzene rings is 1. The van der Waals surface area contributed by atoms with E-state index in [0.29, 0.717) is 15.2 Å². The summed E-state index contributed by atoms with van der Waals surface area (Å²) < 4.78 is 37.7. The van der Waals surface area contributed by atoms with Crippen LogP contribution >= 0.6 is 23.5 Å². The maximum atomic E-state index is 12.4. The molecule has 0 saturated carbocycles. The summed E-state index contributed by atoms with van der Waals surface area (Å²) in [7, 11) is 0. The second-order valence-electron chi connectivity index (χ2n) is 5.98. The van der Waals surface area contributed by atoms with Crippen LogP contribution in [0.25, 0.3) is 0 Å². The molecule has 0 aliphatic carbocycles. The van der Waals surface area contributed by atoms with Crippen LogP contribution in [0.1, 0.15) is 16.6 Å². The van der Waals surface area contributed by atoms with Gasteiger partial charge in [0.05, 0.1) is 10.5 Å². The Labute approximate surface area is 151 Å². The summed E-state index contributed by atoms with van der Waals surface area (Å²) in [4.78, 5) is 24.7.